The lowest BCUT2D eigenvalue weighted by molar-refractivity contribution is 0.594. The molecule has 0 radical (unpaired) electrons. The Morgan fingerprint density at radius 2 is 1.52 bits per heavy atom. The third kappa shape index (κ3) is 4.21. The molecule has 0 saturated heterocycles. The molecular weight excluding hydrogens is 329 g/mol. The third-order valence-electron chi connectivity index (χ3n) is 2.90. The molecule has 0 bridgehead atoms. The zero-order chi connectivity index (χ0) is 15.5. The van der Waals surface area contributed by atoms with Gasteiger partial charge in [0, 0.05) is 15.6 Å². The first kappa shape index (κ1) is 15.8. The highest BCUT2D eigenvalue weighted by Crippen LogP contribution is 2.27. The number of benzene rings is 2. The quantitative estimate of drug-likeness (QED) is 0.846. The molecule has 0 aliphatic rings. The lowest BCUT2D eigenvalue weighted by atomic mass is 10.2. The molecule has 0 aliphatic heterocycles. The Morgan fingerprint density at radius 3 is 2.05 bits per heavy atom. The molecule has 0 fully saturated rings. The molecule has 0 aromatic heterocycles. The van der Waals surface area contributed by atoms with Gasteiger partial charge in [-0.3, -0.25) is 0 Å². The van der Waals surface area contributed by atoms with E-state index >= 15 is 0 Å². The van der Waals surface area contributed by atoms with Crippen LogP contribution in [-0.2, 0) is 21.3 Å². The van der Waals surface area contributed by atoms with E-state index in [1.165, 1.54) is 0 Å². The minimum atomic E-state index is -3.40. The third-order valence-corrected chi connectivity index (χ3v) is 5.11. The van der Waals surface area contributed by atoms with Crippen molar-refractivity contribution in [3.8, 4) is 6.07 Å². The monoisotopic (exact) mass is 339 g/mol. The van der Waals surface area contributed by atoms with Crippen LogP contribution in [0, 0.1) is 11.3 Å². The van der Waals surface area contributed by atoms with Gasteiger partial charge in [-0.25, -0.2) is 8.42 Å². The summed E-state index contributed by atoms with van der Waals surface area (Å²) in [5.41, 5.74) is 1.52. The Labute approximate surface area is 133 Å². The van der Waals surface area contributed by atoms with E-state index in [9.17, 15) is 8.42 Å². The summed E-state index contributed by atoms with van der Waals surface area (Å²) in [7, 11) is -3.40. The summed E-state index contributed by atoms with van der Waals surface area (Å²) in [5, 5.41) is 9.40. The molecule has 0 aliphatic carbocycles. The lowest BCUT2D eigenvalue weighted by Crippen LogP contribution is -2.08. The van der Waals surface area contributed by atoms with Gasteiger partial charge in [0.15, 0.2) is 9.84 Å². The summed E-state index contributed by atoms with van der Waals surface area (Å²) in [6, 6.07) is 13.3. The lowest BCUT2D eigenvalue weighted by Gasteiger charge is -2.08. The molecule has 0 heterocycles. The molecule has 21 heavy (non-hydrogen) atoms. The number of nitriles is 1. The Morgan fingerprint density at radius 1 is 0.952 bits per heavy atom. The molecule has 0 spiro atoms. The van der Waals surface area contributed by atoms with Gasteiger partial charge in [0.2, 0.25) is 0 Å². The Kier molecular flexibility index (Phi) is 4.89. The van der Waals surface area contributed by atoms with Crippen molar-refractivity contribution in [3.63, 3.8) is 0 Å². The topological polar surface area (TPSA) is 57.9 Å². The van der Waals surface area contributed by atoms with Gasteiger partial charge < -0.3 is 0 Å². The van der Waals surface area contributed by atoms with E-state index in [0.717, 1.165) is 0 Å². The molecule has 0 amide bonds. The van der Waals surface area contributed by atoms with Gasteiger partial charge in [-0.2, -0.15) is 5.26 Å². The van der Waals surface area contributed by atoms with Crippen molar-refractivity contribution in [2.24, 2.45) is 0 Å². The second kappa shape index (κ2) is 6.48. The van der Waals surface area contributed by atoms with Crippen LogP contribution < -0.4 is 0 Å². The molecule has 108 valence electrons. The number of hydrogen-bond acceptors (Lipinski definition) is 3. The zero-order valence-electron chi connectivity index (χ0n) is 10.9. The summed E-state index contributed by atoms with van der Waals surface area (Å²) >= 11 is 12.0. The largest absolute Gasteiger partial charge is 0.228 e. The first-order chi connectivity index (χ1) is 9.91. The van der Waals surface area contributed by atoms with Gasteiger partial charge in [-0.1, -0.05) is 41.4 Å². The molecular formula is C15H11Cl2NO2S. The minimum absolute atomic E-state index is 0.125. The maximum Gasteiger partial charge on any atom is 0.158 e. The number of halogens is 2. The van der Waals surface area contributed by atoms with Crippen LogP contribution in [0.5, 0.6) is 0 Å². The minimum Gasteiger partial charge on any atom is -0.228 e. The predicted octanol–water partition coefficient (Wildman–Crippen LogP) is 3.98. The fraction of sp³-hybridized carbons (Fsp3) is 0.133. The van der Waals surface area contributed by atoms with Crippen LogP contribution in [0.1, 0.15) is 16.7 Å². The van der Waals surface area contributed by atoms with Gasteiger partial charge in [-0.05, 0) is 29.8 Å². The van der Waals surface area contributed by atoms with E-state index in [4.69, 9.17) is 28.5 Å². The second-order valence-electron chi connectivity index (χ2n) is 4.54. The summed E-state index contributed by atoms with van der Waals surface area (Å²) in [6.45, 7) is 0. The highest BCUT2D eigenvalue weighted by Gasteiger charge is 2.17. The second-order valence-corrected chi connectivity index (χ2v) is 7.42. The van der Waals surface area contributed by atoms with Crippen LogP contribution in [0.4, 0.5) is 0 Å². The Hall–Kier alpha value is -1.54. The summed E-state index contributed by atoms with van der Waals surface area (Å²) in [4.78, 5) is 0. The SMILES string of the molecule is N#Cc1ccc(CS(=O)(=O)Cc2c(Cl)cccc2Cl)cc1. The first-order valence-corrected chi connectivity index (χ1v) is 8.61. The van der Waals surface area contributed by atoms with E-state index in [0.29, 0.717) is 26.7 Å². The van der Waals surface area contributed by atoms with E-state index in [2.05, 4.69) is 0 Å². The van der Waals surface area contributed by atoms with Gasteiger partial charge in [0.1, 0.15) is 0 Å². The van der Waals surface area contributed by atoms with Crippen LogP contribution >= 0.6 is 23.2 Å². The molecule has 0 atom stereocenters. The van der Waals surface area contributed by atoms with E-state index in [1.807, 2.05) is 6.07 Å². The molecule has 2 rings (SSSR count). The normalized spacial score (nSPS) is 11.1. The van der Waals surface area contributed by atoms with Crippen LogP contribution in [0.15, 0.2) is 42.5 Å². The van der Waals surface area contributed by atoms with E-state index < -0.39 is 9.84 Å². The smallest absolute Gasteiger partial charge is 0.158 e. The van der Waals surface area contributed by atoms with Crippen molar-refractivity contribution >= 4 is 33.0 Å². The maximum atomic E-state index is 12.2. The first-order valence-electron chi connectivity index (χ1n) is 6.03. The average Bonchev–Trinajstić information content (AvgIpc) is 2.43. The van der Waals surface area contributed by atoms with E-state index in [-0.39, 0.29) is 11.5 Å². The number of nitrogens with zero attached hydrogens (tertiary/aromatic N) is 1. The van der Waals surface area contributed by atoms with Crippen LogP contribution in [0.25, 0.3) is 0 Å². The van der Waals surface area contributed by atoms with Gasteiger partial charge >= 0.3 is 0 Å². The number of hydrogen-bond donors (Lipinski definition) is 0. The van der Waals surface area contributed by atoms with E-state index in [1.54, 1.807) is 42.5 Å². The average molecular weight is 340 g/mol. The molecule has 0 saturated carbocycles. The zero-order valence-corrected chi connectivity index (χ0v) is 13.2. The van der Waals surface area contributed by atoms with Gasteiger partial charge in [-0.15, -0.1) is 0 Å². The van der Waals surface area contributed by atoms with Gasteiger partial charge in [0.25, 0.3) is 0 Å². The van der Waals surface area contributed by atoms with Crippen LogP contribution in [0.2, 0.25) is 10.0 Å². The summed E-state index contributed by atoms with van der Waals surface area (Å²) < 4.78 is 24.5. The van der Waals surface area contributed by atoms with Gasteiger partial charge in [0.05, 0.1) is 23.1 Å². The number of rotatable bonds is 4. The molecule has 6 heteroatoms. The molecule has 0 unspecified atom stereocenters. The molecule has 2 aromatic carbocycles. The Balaban J connectivity index is 2.21. The molecule has 3 nitrogen and oxygen atoms in total. The fourth-order valence-electron chi connectivity index (χ4n) is 1.87. The Bertz CT molecular complexity index is 773. The maximum absolute atomic E-state index is 12.2. The van der Waals surface area contributed by atoms with Crippen LogP contribution in [-0.4, -0.2) is 8.42 Å². The molecule has 0 N–H and O–H groups in total. The van der Waals surface area contributed by atoms with Crippen LogP contribution in [0.3, 0.4) is 0 Å². The molecule has 2 aromatic rings. The summed E-state index contributed by atoms with van der Waals surface area (Å²) in [6.07, 6.45) is 0. The van der Waals surface area contributed by atoms with Crippen molar-refractivity contribution < 1.29 is 8.42 Å². The van der Waals surface area contributed by atoms with Crippen molar-refractivity contribution in [3.05, 3.63) is 69.2 Å². The van der Waals surface area contributed by atoms with Crippen molar-refractivity contribution in [1.29, 1.82) is 5.26 Å². The standard InChI is InChI=1S/C15H11Cl2NO2S/c16-14-2-1-3-15(17)13(14)10-21(19,20)9-12-6-4-11(8-18)5-7-12/h1-7H,9-10H2. The number of sulfone groups is 1. The predicted molar refractivity (Wildman–Crippen MR) is 83.9 cm³/mol. The van der Waals surface area contributed by atoms with Crippen molar-refractivity contribution in [2.75, 3.05) is 0 Å². The fourth-order valence-corrected chi connectivity index (χ4v) is 4.11. The highest BCUT2D eigenvalue weighted by atomic mass is 35.5. The summed E-state index contributed by atoms with van der Waals surface area (Å²) in [5.74, 6) is -0.341. The van der Waals surface area contributed by atoms with Crippen molar-refractivity contribution in [2.45, 2.75) is 11.5 Å². The highest BCUT2D eigenvalue weighted by molar-refractivity contribution is 7.89. The van der Waals surface area contributed by atoms with Crippen molar-refractivity contribution in [1.82, 2.24) is 0 Å².